The lowest BCUT2D eigenvalue weighted by molar-refractivity contribution is -0.120. The van der Waals surface area contributed by atoms with E-state index in [1.807, 2.05) is 6.07 Å². The van der Waals surface area contributed by atoms with Crippen molar-refractivity contribution in [3.05, 3.63) is 35.9 Å². The van der Waals surface area contributed by atoms with Crippen LogP contribution in [0.1, 0.15) is 38.7 Å². The topological polar surface area (TPSA) is 70.7 Å². The second kappa shape index (κ2) is 8.54. The third-order valence-corrected chi connectivity index (χ3v) is 4.96. The first-order valence-electron chi connectivity index (χ1n) is 9.15. The van der Waals surface area contributed by atoms with E-state index in [-0.39, 0.29) is 29.5 Å². The highest BCUT2D eigenvalue weighted by molar-refractivity contribution is 5.83. The van der Waals surface area contributed by atoms with E-state index in [9.17, 15) is 9.59 Å². The number of carbonyl (C=O) groups excluding carboxylic acids is 2. The van der Waals surface area contributed by atoms with E-state index < -0.39 is 0 Å². The van der Waals surface area contributed by atoms with E-state index in [4.69, 9.17) is 4.74 Å². The molecule has 0 unspecified atom stereocenters. The molecule has 1 aliphatic heterocycles. The number of nitrogens with zero attached hydrogens (tertiary/aromatic N) is 1. The Hall–Kier alpha value is -2.08. The van der Waals surface area contributed by atoms with E-state index >= 15 is 0 Å². The summed E-state index contributed by atoms with van der Waals surface area (Å²) in [6.07, 6.45) is 2.70. The molecule has 0 radical (unpaired) electrons. The largest absolute Gasteiger partial charge is 0.376 e. The van der Waals surface area contributed by atoms with Gasteiger partial charge in [-0.05, 0) is 38.7 Å². The summed E-state index contributed by atoms with van der Waals surface area (Å²) < 4.78 is 5.92. The van der Waals surface area contributed by atoms with Gasteiger partial charge < -0.3 is 20.3 Å². The molecule has 0 bridgehead atoms. The maximum Gasteiger partial charge on any atom is 0.317 e. The van der Waals surface area contributed by atoms with E-state index in [2.05, 4.69) is 48.7 Å². The molecule has 0 spiro atoms. The number of benzene rings is 1. The van der Waals surface area contributed by atoms with Crippen LogP contribution >= 0.6 is 0 Å². The molecule has 3 amide bonds. The molecule has 1 aliphatic rings. The van der Waals surface area contributed by atoms with Gasteiger partial charge in [0.25, 0.3) is 0 Å². The van der Waals surface area contributed by atoms with Crippen molar-refractivity contribution < 1.29 is 14.3 Å². The first kappa shape index (κ1) is 20.2. The van der Waals surface area contributed by atoms with Gasteiger partial charge in [-0.2, -0.15) is 0 Å². The summed E-state index contributed by atoms with van der Waals surface area (Å²) in [7, 11) is 3.29. The Kier molecular flexibility index (Phi) is 6.64. The number of rotatable bonds is 6. The number of urea groups is 1. The van der Waals surface area contributed by atoms with Crippen LogP contribution in [-0.2, 0) is 14.9 Å². The molecule has 0 saturated carbocycles. The standard InChI is InChI=1S/C20H31N3O3/c1-19(2)15-20(11-13-26-19,16-8-6-5-7-9-16)10-12-21-17(24)14-22-18(25)23(3)4/h5-9H,10-15H2,1-4H3,(H,21,24)(H,22,25)/t20-/m1/s1. The van der Waals surface area contributed by atoms with Gasteiger partial charge in [-0.1, -0.05) is 30.3 Å². The highest BCUT2D eigenvalue weighted by Crippen LogP contribution is 2.43. The summed E-state index contributed by atoms with van der Waals surface area (Å²) in [6.45, 7) is 5.53. The van der Waals surface area contributed by atoms with Gasteiger partial charge in [0, 0.05) is 32.7 Å². The molecular formula is C20H31N3O3. The Morgan fingerprint density at radius 1 is 1.15 bits per heavy atom. The second-order valence-electron chi connectivity index (χ2n) is 7.83. The molecule has 0 aliphatic carbocycles. The first-order valence-corrected chi connectivity index (χ1v) is 9.15. The maximum atomic E-state index is 12.0. The Morgan fingerprint density at radius 3 is 2.46 bits per heavy atom. The lowest BCUT2D eigenvalue weighted by Gasteiger charge is -2.45. The fourth-order valence-electron chi connectivity index (χ4n) is 3.69. The zero-order valence-electron chi connectivity index (χ0n) is 16.3. The zero-order valence-corrected chi connectivity index (χ0v) is 16.3. The summed E-state index contributed by atoms with van der Waals surface area (Å²) in [4.78, 5) is 24.9. The lowest BCUT2D eigenvalue weighted by Crippen LogP contribution is -2.46. The molecular weight excluding hydrogens is 330 g/mol. The van der Waals surface area contributed by atoms with E-state index in [0.29, 0.717) is 13.2 Å². The third kappa shape index (κ3) is 5.46. The van der Waals surface area contributed by atoms with Crippen LogP contribution in [0.5, 0.6) is 0 Å². The minimum atomic E-state index is -0.271. The minimum absolute atomic E-state index is 0.00997. The van der Waals surface area contributed by atoms with Crippen molar-refractivity contribution in [2.45, 2.75) is 44.1 Å². The molecule has 0 aromatic heterocycles. The number of hydrogen-bond acceptors (Lipinski definition) is 3. The number of amides is 3. The first-order chi connectivity index (χ1) is 12.2. The van der Waals surface area contributed by atoms with Gasteiger partial charge in [0.15, 0.2) is 0 Å². The van der Waals surface area contributed by atoms with E-state index in [0.717, 1.165) is 19.3 Å². The smallest absolute Gasteiger partial charge is 0.317 e. The van der Waals surface area contributed by atoms with Crippen molar-refractivity contribution >= 4 is 11.9 Å². The zero-order chi connectivity index (χ0) is 19.2. The molecule has 1 fully saturated rings. The lowest BCUT2D eigenvalue weighted by atomic mass is 9.67. The van der Waals surface area contributed by atoms with Crippen molar-refractivity contribution in [1.29, 1.82) is 0 Å². The predicted molar refractivity (Wildman–Crippen MR) is 102 cm³/mol. The van der Waals surface area contributed by atoms with E-state index in [1.54, 1.807) is 14.1 Å². The van der Waals surface area contributed by atoms with Gasteiger partial charge in [-0.3, -0.25) is 4.79 Å². The summed E-state index contributed by atoms with van der Waals surface area (Å²) in [6, 6.07) is 10.2. The maximum absolute atomic E-state index is 12.0. The fraction of sp³-hybridized carbons (Fsp3) is 0.600. The average molecular weight is 361 g/mol. The van der Waals surface area contributed by atoms with Gasteiger partial charge in [0.05, 0.1) is 12.1 Å². The normalized spacial score (nSPS) is 21.7. The minimum Gasteiger partial charge on any atom is -0.376 e. The van der Waals surface area contributed by atoms with Crippen LogP contribution in [0.4, 0.5) is 4.79 Å². The predicted octanol–water partition coefficient (Wildman–Crippen LogP) is 2.29. The second-order valence-corrected chi connectivity index (χ2v) is 7.83. The molecule has 1 saturated heterocycles. The van der Waals surface area contributed by atoms with Crippen LogP contribution < -0.4 is 10.6 Å². The van der Waals surface area contributed by atoms with Crippen molar-refractivity contribution in [3.63, 3.8) is 0 Å². The van der Waals surface area contributed by atoms with Crippen molar-refractivity contribution in [2.24, 2.45) is 0 Å². The van der Waals surface area contributed by atoms with Gasteiger partial charge in [0.2, 0.25) is 5.91 Å². The Bertz CT molecular complexity index is 616. The SMILES string of the molecule is CN(C)C(=O)NCC(=O)NCC[C@@]1(c2ccccc2)CCOC(C)(C)C1. The molecule has 1 aromatic carbocycles. The third-order valence-electron chi connectivity index (χ3n) is 4.96. The Morgan fingerprint density at radius 2 is 1.85 bits per heavy atom. The highest BCUT2D eigenvalue weighted by atomic mass is 16.5. The highest BCUT2D eigenvalue weighted by Gasteiger charge is 2.41. The van der Waals surface area contributed by atoms with Crippen LogP contribution in [0.15, 0.2) is 30.3 Å². The molecule has 6 heteroatoms. The van der Waals surface area contributed by atoms with Gasteiger partial charge in [-0.25, -0.2) is 4.79 Å². The van der Waals surface area contributed by atoms with Crippen molar-refractivity contribution in [1.82, 2.24) is 15.5 Å². The summed E-state index contributed by atoms with van der Waals surface area (Å²) in [5.74, 6) is -0.172. The van der Waals surface area contributed by atoms with Crippen molar-refractivity contribution in [3.8, 4) is 0 Å². The van der Waals surface area contributed by atoms with Crippen LogP contribution in [0.3, 0.4) is 0 Å². The molecule has 2 rings (SSSR count). The number of ether oxygens (including phenoxy) is 1. The van der Waals surface area contributed by atoms with Crippen LogP contribution in [0.25, 0.3) is 0 Å². The molecule has 144 valence electrons. The average Bonchev–Trinajstić information content (AvgIpc) is 2.59. The van der Waals surface area contributed by atoms with Gasteiger partial charge >= 0.3 is 6.03 Å². The molecule has 1 aromatic rings. The quantitative estimate of drug-likeness (QED) is 0.817. The Balaban J connectivity index is 1.96. The molecule has 26 heavy (non-hydrogen) atoms. The van der Waals surface area contributed by atoms with Crippen molar-refractivity contribution in [2.75, 3.05) is 33.8 Å². The van der Waals surface area contributed by atoms with Crippen LogP contribution in [-0.4, -0.2) is 56.2 Å². The van der Waals surface area contributed by atoms with E-state index in [1.165, 1.54) is 10.5 Å². The molecule has 6 nitrogen and oxygen atoms in total. The summed E-state index contributed by atoms with van der Waals surface area (Å²) in [5, 5.41) is 5.51. The molecule has 2 N–H and O–H groups in total. The molecule has 1 heterocycles. The van der Waals surface area contributed by atoms with Gasteiger partial charge in [-0.15, -0.1) is 0 Å². The number of carbonyl (C=O) groups is 2. The monoisotopic (exact) mass is 361 g/mol. The number of nitrogens with one attached hydrogen (secondary N) is 2. The molecule has 1 atom stereocenters. The van der Waals surface area contributed by atoms with Crippen LogP contribution in [0.2, 0.25) is 0 Å². The van der Waals surface area contributed by atoms with Gasteiger partial charge in [0.1, 0.15) is 0 Å². The van der Waals surface area contributed by atoms with Crippen LogP contribution in [0, 0.1) is 0 Å². The summed E-state index contributed by atoms with van der Waals surface area (Å²) >= 11 is 0. The fourth-order valence-corrected chi connectivity index (χ4v) is 3.69. The Labute approximate surface area is 156 Å². The number of hydrogen-bond donors (Lipinski definition) is 2. The summed E-state index contributed by atoms with van der Waals surface area (Å²) in [5.41, 5.74) is 1.10.